The van der Waals surface area contributed by atoms with E-state index in [1.165, 1.54) is 0 Å². The van der Waals surface area contributed by atoms with E-state index < -0.39 is 10.0 Å². The van der Waals surface area contributed by atoms with Crippen LogP contribution >= 0.6 is 0 Å². The number of carbonyl (C=O) groups excluding carboxylic acids is 1. The Balaban J connectivity index is 1.31. The number of fused-ring (bicyclic) bond motifs is 1. The van der Waals surface area contributed by atoms with Crippen LogP contribution in [0, 0.1) is 19.8 Å². The Morgan fingerprint density at radius 1 is 0.917 bits per heavy atom. The second kappa shape index (κ2) is 10.2. The minimum Gasteiger partial charge on any atom is -0.356 e. The Morgan fingerprint density at radius 2 is 1.67 bits per heavy atom. The van der Waals surface area contributed by atoms with Gasteiger partial charge in [-0.15, -0.1) is 0 Å². The highest BCUT2D eigenvalue weighted by atomic mass is 32.2. The quantitative estimate of drug-likeness (QED) is 0.533. The minimum absolute atomic E-state index is 0.0399. The Hall–Kier alpha value is -2.97. The average Bonchev–Trinajstić information content (AvgIpc) is 2.88. The summed E-state index contributed by atoms with van der Waals surface area (Å²) in [7, 11) is -3.48. The lowest BCUT2D eigenvalue weighted by Gasteiger charge is -2.33. The highest BCUT2D eigenvalue weighted by Gasteiger charge is 2.28. The summed E-state index contributed by atoms with van der Waals surface area (Å²) in [4.78, 5) is 20.3. The van der Waals surface area contributed by atoms with E-state index in [0.29, 0.717) is 24.5 Å². The molecule has 36 heavy (non-hydrogen) atoms. The molecule has 2 aliphatic rings. The number of rotatable bonds is 5. The third kappa shape index (κ3) is 5.25. The van der Waals surface area contributed by atoms with Gasteiger partial charge in [0.2, 0.25) is 15.9 Å². The molecule has 0 spiro atoms. The van der Waals surface area contributed by atoms with Gasteiger partial charge in [0.15, 0.2) is 0 Å². The van der Waals surface area contributed by atoms with E-state index in [4.69, 9.17) is 4.98 Å². The van der Waals surface area contributed by atoms with E-state index in [1.807, 2.05) is 38.1 Å². The molecule has 1 atom stereocenters. The van der Waals surface area contributed by atoms with Crippen molar-refractivity contribution < 1.29 is 13.2 Å². The number of pyridine rings is 1. The summed E-state index contributed by atoms with van der Waals surface area (Å²) >= 11 is 0. The van der Waals surface area contributed by atoms with E-state index in [0.717, 1.165) is 72.2 Å². The first-order valence-corrected chi connectivity index (χ1v) is 14.3. The summed E-state index contributed by atoms with van der Waals surface area (Å²) in [6, 6.07) is 15.1. The van der Waals surface area contributed by atoms with Crippen LogP contribution in [0.15, 0.2) is 53.4 Å². The molecule has 7 nitrogen and oxygen atoms in total. The lowest BCUT2D eigenvalue weighted by Crippen LogP contribution is -2.41. The Kier molecular flexibility index (Phi) is 6.99. The Bertz CT molecular complexity index is 1360. The van der Waals surface area contributed by atoms with E-state index in [2.05, 4.69) is 16.3 Å². The summed E-state index contributed by atoms with van der Waals surface area (Å²) in [5.74, 6) is 0.741. The Morgan fingerprint density at radius 3 is 2.42 bits per heavy atom. The predicted octanol–water partition coefficient (Wildman–Crippen LogP) is 4.88. The topological polar surface area (TPSA) is 82.6 Å². The van der Waals surface area contributed by atoms with Crippen molar-refractivity contribution in [1.29, 1.82) is 0 Å². The first kappa shape index (κ1) is 24.7. The number of nitrogens with zero attached hydrogens (tertiary/aromatic N) is 3. The zero-order valence-corrected chi connectivity index (χ0v) is 21.9. The molecule has 2 fully saturated rings. The smallest absolute Gasteiger partial charge is 0.243 e. The molecular formula is C28H34N4O3S. The maximum absolute atomic E-state index is 13.1. The summed E-state index contributed by atoms with van der Waals surface area (Å²) in [5, 5.41) is 3.90. The lowest BCUT2D eigenvalue weighted by atomic mass is 9.96. The molecule has 5 rings (SSSR count). The van der Waals surface area contributed by atoms with Crippen molar-refractivity contribution in [3.63, 3.8) is 0 Å². The number of nitrogens with one attached hydrogen (secondary N) is 1. The molecule has 0 bridgehead atoms. The number of hydrogen-bond acceptors (Lipinski definition) is 5. The number of anilines is 2. The molecule has 8 heteroatoms. The van der Waals surface area contributed by atoms with Crippen LogP contribution in [0.25, 0.3) is 10.9 Å². The fraction of sp³-hybridized carbons (Fsp3) is 0.429. The summed E-state index contributed by atoms with van der Waals surface area (Å²) in [6.07, 6.45) is 4.67. The van der Waals surface area contributed by atoms with Crippen molar-refractivity contribution in [2.75, 3.05) is 36.4 Å². The maximum atomic E-state index is 13.1. The average molecular weight is 507 g/mol. The molecule has 1 N–H and O–H groups in total. The molecule has 2 aromatic carbocycles. The number of amides is 1. The normalized spacial score (nSPS) is 19.4. The van der Waals surface area contributed by atoms with Crippen molar-refractivity contribution in [3.8, 4) is 0 Å². The fourth-order valence-electron chi connectivity index (χ4n) is 5.37. The molecule has 2 aliphatic heterocycles. The number of hydrogen-bond donors (Lipinski definition) is 1. The molecule has 190 valence electrons. The van der Waals surface area contributed by atoms with Crippen molar-refractivity contribution in [3.05, 3.63) is 59.7 Å². The van der Waals surface area contributed by atoms with Crippen LogP contribution in [0.5, 0.6) is 0 Å². The van der Waals surface area contributed by atoms with Crippen molar-refractivity contribution in [2.24, 2.45) is 5.92 Å². The van der Waals surface area contributed by atoms with Gasteiger partial charge in [-0.25, -0.2) is 13.4 Å². The highest BCUT2D eigenvalue weighted by Crippen LogP contribution is 2.28. The van der Waals surface area contributed by atoms with Crippen LogP contribution in [0.2, 0.25) is 0 Å². The highest BCUT2D eigenvalue weighted by molar-refractivity contribution is 7.89. The standard InChI is InChI=1S/C28H34N4O3S/c1-20-15-21(2)17-24(16-20)29-28(33)23-7-6-12-31(19-23)27-11-8-22-18-25(9-10-26(22)30-27)36(34,35)32-13-4-3-5-14-32/h8-11,15-18,23H,3-7,12-14,19H2,1-2H3,(H,29,33)/t23-/m1/s1. The molecule has 2 saturated heterocycles. The van der Waals surface area contributed by atoms with Crippen LogP contribution in [0.4, 0.5) is 11.5 Å². The molecule has 0 radical (unpaired) electrons. The van der Waals surface area contributed by atoms with Crippen LogP contribution in [-0.4, -0.2) is 49.8 Å². The van der Waals surface area contributed by atoms with Gasteiger partial charge in [-0.3, -0.25) is 4.79 Å². The van der Waals surface area contributed by atoms with Crippen LogP contribution in [0.3, 0.4) is 0 Å². The van der Waals surface area contributed by atoms with Gasteiger partial charge in [-0.1, -0.05) is 12.5 Å². The number of aromatic nitrogens is 1. The van der Waals surface area contributed by atoms with Gasteiger partial charge in [-0.2, -0.15) is 4.31 Å². The van der Waals surface area contributed by atoms with Crippen LogP contribution in [-0.2, 0) is 14.8 Å². The first-order valence-electron chi connectivity index (χ1n) is 12.8. The van der Waals surface area contributed by atoms with Gasteiger partial charge in [-0.05, 0) is 93.1 Å². The third-order valence-corrected chi connectivity index (χ3v) is 9.10. The molecule has 3 aromatic rings. The van der Waals surface area contributed by atoms with Crippen molar-refractivity contribution in [2.45, 2.75) is 50.8 Å². The molecule has 0 saturated carbocycles. The summed E-state index contributed by atoms with van der Waals surface area (Å²) in [5.41, 5.74) is 3.85. The number of aryl methyl sites for hydroxylation is 2. The van der Waals surface area contributed by atoms with E-state index in [1.54, 1.807) is 22.5 Å². The van der Waals surface area contributed by atoms with Gasteiger partial charge < -0.3 is 10.2 Å². The van der Waals surface area contributed by atoms with E-state index in [-0.39, 0.29) is 11.8 Å². The lowest BCUT2D eigenvalue weighted by molar-refractivity contribution is -0.120. The Labute approximate surface area is 213 Å². The number of benzene rings is 2. The molecule has 3 heterocycles. The predicted molar refractivity (Wildman–Crippen MR) is 144 cm³/mol. The van der Waals surface area contributed by atoms with E-state index >= 15 is 0 Å². The first-order chi connectivity index (χ1) is 17.3. The van der Waals surface area contributed by atoms with Crippen molar-refractivity contribution >= 4 is 38.3 Å². The molecule has 1 amide bonds. The minimum atomic E-state index is -3.48. The monoisotopic (exact) mass is 506 g/mol. The summed E-state index contributed by atoms with van der Waals surface area (Å²) in [6.45, 7) is 6.68. The zero-order chi connectivity index (χ0) is 25.3. The van der Waals surface area contributed by atoms with Crippen LogP contribution < -0.4 is 10.2 Å². The number of piperidine rings is 2. The zero-order valence-electron chi connectivity index (χ0n) is 21.0. The maximum Gasteiger partial charge on any atom is 0.243 e. The van der Waals surface area contributed by atoms with E-state index in [9.17, 15) is 13.2 Å². The third-order valence-electron chi connectivity index (χ3n) is 7.20. The molecule has 0 unspecified atom stereocenters. The van der Waals surface area contributed by atoms with Crippen LogP contribution in [0.1, 0.15) is 43.2 Å². The van der Waals surface area contributed by atoms with Gasteiger partial charge in [0.05, 0.1) is 16.3 Å². The number of carbonyl (C=O) groups is 1. The molecular weight excluding hydrogens is 472 g/mol. The molecule has 0 aliphatic carbocycles. The second-order valence-electron chi connectivity index (χ2n) is 10.1. The SMILES string of the molecule is Cc1cc(C)cc(NC(=O)[C@@H]2CCCN(c3ccc4cc(S(=O)(=O)N5CCCCC5)ccc4n3)C2)c1. The fourth-order valence-corrected chi connectivity index (χ4v) is 6.93. The van der Waals surface area contributed by atoms with Gasteiger partial charge in [0, 0.05) is 37.3 Å². The van der Waals surface area contributed by atoms with Crippen molar-refractivity contribution in [1.82, 2.24) is 9.29 Å². The molecule has 1 aromatic heterocycles. The van der Waals surface area contributed by atoms with Gasteiger partial charge in [0.25, 0.3) is 0 Å². The second-order valence-corrected chi connectivity index (χ2v) is 12.1. The van der Waals surface area contributed by atoms with Gasteiger partial charge in [0.1, 0.15) is 5.82 Å². The van der Waals surface area contributed by atoms with Gasteiger partial charge >= 0.3 is 0 Å². The number of sulfonamides is 1. The summed E-state index contributed by atoms with van der Waals surface area (Å²) < 4.78 is 27.7. The largest absolute Gasteiger partial charge is 0.356 e.